The molecule has 0 saturated carbocycles. The number of halogens is 4. The van der Waals surface area contributed by atoms with Crippen molar-refractivity contribution in [1.82, 2.24) is 15.5 Å². The van der Waals surface area contributed by atoms with Gasteiger partial charge in [-0.05, 0) is 57.8 Å². The first-order chi connectivity index (χ1) is 12.9. The number of nitrogens with one attached hydrogen (secondary N) is 1. The van der Waals surface area contributed by atoms with E-state index in [0.29, 0.717) is 26.4 Å². The number of benzene rings is 1. The number of carbonyl (C=O) groups excluding carboxylic acids is 1. The summed E-state index contributed by atoms with van der Waals surface area (Å²) >= 11 is 17.7. The number of carbonyl (C=O) groups is 1. The van der Waals surface area contributed by atoms with Crippen molar-refractivity contribution in [3.8, 4) is 0 Å². The van der Waals surface area contributed by atoms with E-state index in [0.717, 1.165) is 18.4 Å². The molecule has 1 heterocycles. The third-order valence-electron chi connectivity index (χ3n) is 2.82. The average Bonchev–Trinajstić information content (AvgIpc) is 3.14. The van der Waals surface area contributed by atoms with Crippen molar-refractivity contribution in [2.45, 2.75) is 6.54 Å². The topological polar surface area (TPSA) is 88.2 Å². The number of aliphatic hydroxyl groups excluding tert-OH is 1. The molecule has 0 aliphatic heterocycles. The van der Waals surface area contributed by atoms with E-state index in [1.165, 1.54) is 0 Å². The molecule has 0 bridgehead atoms. The van der Waals surface area contributed by atoms with Crippen LogP contribution in [0.1, 0.15) is 22.1 Å². The number of hydrogen-bond donors (Lipinski definition) is 2. The molecule has 6 nitrogen and oxygen atoms in total. The minimum atomic E-state index is -0.104. The van der Waals surface area contributed by atoms with Crippen LogP contribution in [0.25, 0.3) is 5.57 Å². The van der Waals surface area contributed by atoms with Gasteiger partial charge >= 0.3 is 0 Å². The highest BCUT2D eigenvalue weighted by molar-refractivity contribution is 9.12. The molecule has 0 aliphatic carbocycles. The fraction of sp³-hybridized carbons (Fsp3) is 0.118. The smallest absolute Gasteiger partial charge is 0.291 e. The van der Waals surface area contributed by atoms with E-state index in [9.17, 15) is 4.79 Å². The Labute approximate surface area is 183 Å². The Balaban J connectivity index is 0.000000289. The highest BCUT2D eigenvalue weighted by Gasteiger charge is 2.08. The molecular weight excluding hydrogens is 525 g/mol. The number of hydrogen-bond acceptors (Lipinski definition) is 6. The lowest BCUT2D eigenvalue weighted by Gasteiger charge is -2.00. The maximum atomic E-state index is 10.4. The SMILES string of the molecule is CNCc1ccc(Cl)c(Cl)c1.O=Cc1nc(C(/C=C/Br)=C/C(Br)=C/O)no1. The van der Waals surface area contributed by atoms with Gasteiger partial charge in [-0.1, -0.05) is 50.4 Å². The van der Waals surface area contributed by atoms with Gasteiger partial charge in [0.25, 0.3) is 5.89 Å². The zero-order chi connectivity index (χ0) is 20.2. The number of aldehydes is 1. The first-order valence-corrected chi connectivity index (χ1v) is 9.77. The summed E-state index contributed by atoms with van der Waals surface area (Å²) in [6.45, 7) is 0.816. The van der Waals surface area contributed by atoms with E-state index in [4.69, 9.17) is 28.3 Å². The van der Waals surface area contributed by atoms with Crippen LogP contribution in [-0.4, -0.2) is 28.6 Å². The molecule has 2 N–H and O–H groups in total. The summed E-state index contributed by atoms with van der Waals surface area (Å²) in [6, 6.07) is 5.61. The van der Waals surface area contributed by atoms with Crippen molar-refractivity contribution in [3.63, 3.8) is 0 Å². The van der Waals surface area contributed by atoms with Crippen LogP contribution in [-0.2, 0) is 6.54 Å². The molecule has 10 heteroatoms. The molecule has 1 aromatic carbocycles. The Hall–Kier alpha value is -1.45. The van der Waals surface area contributed by atoms with Crippen LogP contribution in [0.15, 0.2) is 50.6 Å². The normalized spacial score (nSPS) is 12.0. The highest BCUT2D eigenvalue weighted by Crippen LogP contribution is 2.22. The summed E-state index contributed by atoms with van der Waals surface area (Å²) in [7, 11) is 1.89. The first-order valence-electron chi connectivity index (χ1n) is 7.31. The monoisotopic (exact) mass is 537 g/mol. The van der Waals surface area contributed by atoms with Gasteiger partial charge in [0, 0.05) is 12.1 Å². The highest BCUT2D eigenvalue weighted by atomic mass is 79.9. The Kier molecular flexibility index (Phi) is 11.2. The maximum absolute atomic E-state index is 10.4. The minimum Gasteiger partial charge on any atom is -0.514 e. The van der Waals surface area contributed by atoms with Gasteiger partial charge in [0.2, 0.25) is 12.1 Å². The van der Waals surface area contributed by atoms with Gasteiger partial charge in [-0.15, -0.1) is 0 Å². The predicted molar refractivity (Wildman–Crippen MR) is 115 cm³/mol. The quantitative estimate of drug-likeness (QED) is 0.279. The predicted octanol–water partition coefficient (Wildman–Crippen LogP) is 5.68. The third kappa shape index (κ3) is 8.40. The van der Waals surface area contributed by atoms with E-state index in [1.807, 2.05) is 19.2 Å². The minimum absolute atomic E-state index is 0.104. The van der Waals surface area contributed by atoms with Gasteiger partial charge in [-0.3, -0.25) is 4.79 Å². The van der Waals surface area contributed by atoms with E-state index in [-0.39, 0.29) is 11.7 Å². The molecule has 0 saturated heterocycles. The summed E-state index contributed by atoms with van der Waals surface area (Å²) in [5.41, 5.74) is 1.70. The summed E-state index contributed by atoms with van der Waals surface area (Å²) < 4.78 is 5.08. The van der Waals surface area contributed by atoms with Crippen molar-refractivity contribution >= 4 is 66.9 Å². The van der Waals surface area contributed by atoms with Crippen molar-refractivity contribution in [2.75, 3.05) is 7.05 Å². The Morgan fingerprint density at radius 1 is 1.37 bits per heavy atom. The second kappa shape index (κ2) is 12.9. The van der Waals surface area contributed by atoms with Crippen LogP contribution in [0.5, 0.6) is 0 Å². The summed E-state index contributed by atoms with van der Waals surface area (Å²) in [4.78, 5) is 15.8. The molecule has 0 aliphatic rings. The van der Waals surface area contributed by atoms with E-state index >= 15 is 0 Å². The van der Waals surface area contributed by atoms with Crippen molar-refractivity contribution in [3.05, 3.63) is 73.4 Å². The average molecular weight is 540 g/mol. The summed E-state index contributed by atoms with van der Waals surface area (Å²) in [6.07, 6.45) is 4.55. The zero-order valence-corrected chi connectivity index (χ0v) is 18.7. The van der Waals surface area contributed by atoms with Crippen molar-refractivity contribution in [2.24, 2.45) is 0 Å². The third-order valence-corrected chi connectivity index (χ3v) is 4.26. The van der Waals surface area contributed by atoms with Crippen LogP contribution in [0.4, 0.5) is 0 Å². The molecule has 144 valence electrons. The zero-order valence-electron chi connectivity index (χ0n) is 14.0. The van der Waals surface area contributed by atoms with Gasteiger partial charge in [0.1, 0.15) is 0 Å². The summed E-state index contributed by atoms with van der Waals surface area (Å²) in [5.74, 6) is 0.143. The van der Waals surface area contributed by atoms with Gasteiger partial charge in [-0.2, -0.15) is 4.98 Å². The van der Waals surface area contributed by atoms with Crippen LogP contribution < -0.4 is 5.32 Å². The summed E-state index contributed by atoms with van der Waals surface area (Å²) in [5, 5.41) is 16.6. The van der Waals surface area contributed by atoms with E-state index in [1.54, 1.807) is 23.2 Å². The van der Waals surface area contributed by atoms with Gasteiger partial charge in [0.15, 0.2) is 0 Å². The lowest BCUT2D eigenvalue weighted by atomic mass is 10.2. The molecule has 0 radical (unpaired) electrons. The fourth-order valence-electron chi connectivity index (χ4n) is 1.69. The molecule has 0 atom stereocenters. The Morgan fingerprint density at radius 2 is 2.11 bits per heavy atom. The van der Waals surface area contributed by atoms with E-state index in [2.05, 4.69) is 51.8 Å². The Bertz CT molecular complexity index is 852. The molecule has 2 aromatic rings. The van der Waals surface area contributed by atoms with Crippen LogP contribution in [0, 0.1) is 0 Å². The van der Waals surface area contributed by atoms with Gasteiger partial charge < -0.3 is 14.9 Å². The van der Waals surface area contributed by atoms with Crippen LogP contribution in [0.3, 0.4) is 0 Å². The fourth-order valence-corrected chi connectivity index (χ4v) is 2.55. The lowest BCUT2D eigenvalue weighted by molar-refractivity contribution is 0.108. The molecule has 0 amide bonds. The van der Waals surface area contributed by atoms with Crippen LogP contribution in [0.2, 0.25) is 10.0 Å². The molecule has 0 unspecified atom stereocenters. The standard InChI is InChI=1S/C9H6Br2N2O3.C8H9Cl2N/c10-2-1-6(3-7(11)4-14)9-12-8(5-15)16-13-9;1-11-5-6-2-3-7(9)8(10)4-6/h1-5,14H;2-4,11H,5H2,1H3/b2-1+,6-3+,7-4-;. The largest absolute Gasteiger partial charge is 0.514 e. The molecule has 2 rings (SSSR count). The lowest BCUT2D eigenvalue weighted by Crippen LogP contribution is -2.04. The molecule has 0 spiro atoms. The number of allylic oxidation sites excluding steroid dienone is 4. The van der Waals surface area contributed by atoms with Crippen molar-refractivity contribution < 1.29 is 14.4 Å². The molecular formula is C17H15Br2Cl2N3O3. The second-order valence-corrected chi connectivity index (χ2v) is 7.02. The number of aromatic nitrogens is 2. The molecule has 1 aromatic heterocycles. The second-order valence-electron chi connectivity index (χ2n) is 4.76. The first kappa shape index (κ1) is 23.6. The Morgan fingerprint density at radius 3 is 2.63 bits per heavy atom. The molecule has 0 fully saturated rings. The van der Waals surface area contributed by atoms with Crippen molar-refractivity contribution in [1.29, 1.82) is 0 Å². The number of aliphatic hydroxyl groups is 1. The number of rotatable bonds is 6. The molecule has 27 heavy (non-hydrogen) atoms. The maximum Gasteiger partial charge on any atom is 0.291 e. The number of nitrogens with zero attached hydrogens (tertiary/aromatic N) is 2. The van der Waals surface area contributed by atoms with Crippen LogP contribution >= 0.6 is 55.1 Å². The van der Waals surface area contributed by atoms with Gasteiger partial charge in [0.05, 0.1) is 20.8 Å². The van der Waals surface area contributed by atoms with Gasteiger partial charge in [-0.25, -0.2) is 0 Å². The van der Waals surface area contributed by atoms with E-state index < -0.39 is 0 Å².